The zero-order valence-electron chi connectivity index (χ0n) is 12.7. The van der Waals surface area contributed by atoms with Crippen LogP contribution in [0.25, 0.3) is 10.9 Å². The van der Waals surface area contributed by atoms with Crippen molar-refractivity contribution in [1.82, 2.24) is 4.98 Å². The second-order valence-electron chi connectivity index (χ2n) is 5.35. The lowest BCUT2D eigenvalue weighted by Crippen LogP contribution is -2.15. The highest BCUT2D eigenvalue weighted by atomic mass is 35.5. The Hall–Kier alpha value is -2.11. The Morgan fingerprint density at radius 2 is 1.83 bits per heavy atom. The van der Waals surface area contributed by atoms with E-state index in [4.69, 9.17) is 11.6 Å². The molecule has 0 atom stereocenters. The predicted molar refractivity (Wildman–Crippen MR) is 93.5 cm³/mol. The third kappa shape index (κ3) is 3.02. The van der Waals surface area contributed by atoms with Gasteiger partial charge in [-0.3, -0.25) is 9.71 Å². The standard InChI is InChI=1S/C17H15ClN2O2S/c1-11-10-17(12(2)9-14(11)18)23(21,22)20-16-7-3-6-15-13(16)5-4-8-19-15/h3-10,20H,1-2H3. The summed E-state index contributed by atoms with van der Waals surface area (Å²) in [6.07, 6.45) is 1.67. The van der Waals surface area contributed by atoms with Crippen molar-refractivity contribution < 1.29 is 8.42 Å². The molecule has 2 aromatic carbocycles. The molecule has 0 fully saturated rings. The number of pyridine rings is 1. The zero-order valence-corrected chi connectivity index (χ0v) is 14.2. The third-order valence-electron chi connectivity index (χ3n) is 3.64. The van der Waals surface area contributed by atoms with Gasteiger partial charge in [0.1, 0.15) is 0 Å². The van der Waals surface area contributed by atoms with Crippen molar-refractivity contribution >= 4 is 38.2 Å². The van der Waals surface area contributed by atoms with Gasteiger partial charge in [-0.25, -0.2) is 8.42 Å². The van der Waals surface area contributed by atoms with Crippen molar-refractivity contribution in [2.45, 2.75) is 18.7 Å². The van der Waals surface area contributed by atoms with Gasteiger partial charge in [0.05, 0.1) is 16.1 Å². The molecule has 0 saturated carbocycles. The highest BCUT2D eigenvalue weighted by Gasteiger charge is 2.19. The van der Waals surface area contributed by atoms with E-state index < -0.39 is 10.0 Å². The molecule has 0 bridgehead atoms. The molecule has 1 N–H and O–H groups in total. The van der Waals surface area contributed by atoms with E-state index in [1.54, 1.807) is 50.4 Å². The summed E-state index contributed by atoms with van der Waals surface area (Å²) < 4.78 is 28.2. The molecule has 0 aliphatic rings. The van der Waals surface area contributed by atoms with E-state index in [0.717, 1.165) is 16.5 Å². The largest absolute Gasteiger partial charge is 0.279 e. The number of fused-ring (bicyclic) bond motifs is 1. The molecular weight excluding hydrogens is 332 g/mol. The molecule has 0 aliphatic carbocycles. The van der Waals surface area contributed by atoms with E-state index in [0.29, 0.717) is 16.3 Å². The summed E-state index contributed by atoms with van der Waals surface area (Å²) in [6.45, 7) is 3.51. The lowest BCUT2D eigenvalue weighted by atomic mass is 10.2. The van der Waals surface area contributed by atoms with Crippen LogP contribution in [0.2, 0.25) is 5.02 Å². The summed E-state index contributed by atoms with van der Waals surface area (Å²) in [6, 6.07) is 12.2. The lowest BCUT2D eigenvalue weighted by Gasteiger charge is -2.13. The SMILES string of the molecule is Cc1cc(S(=O)(=O)Nc2cccc3ncccc23)c(C)cc1Cl. The molecule has 0 aliphatic heterocycles. The first-order valence-electron chi connectivity index (χ1n) is 7.02. The average molecular weight is 347 g/mol. The van der Waals surface area contributed by atoms with Gasteiger partial charge in [0, 0.05) is 16.6 Å². The maximum absolute atomic E-state index is 12.8. The maximum atomic E-state index is 12.8. The van der Waals surface area contributed by atoms with Gasteiger partial charge in [-0.05, 0) is 61.4 Å². The molecule has 3 aromatic rings. The first-order valence-corrected chi connectivity index (χ1v) is 8.88. The number of benzene rings is 2. The number of nitrogens with zero attached hydrogens (tertiary/aromatic N) is 1. The molecule has 0 spiro atoms. The van der Waals surface area contributed by atoms with Crippen LogP contribution >= 0.6 is 11.6 Å². The number of aromatic nitrogens is 1. The van der Waals surface area contributed by atoms with Crippen molar-refractivity contribution in [1.29, 1.82) is 0 Å². The average Bonchev–Trinajstić information content (AvgIpc) is 2.51. The smallest absolute Gasteiger partial charge is 0.262 e. The number of hydrogen-bond acceptors (Lipinski definition) is 3. The van der Waals surface area contributed by atoms with E-state index in [2.05, 4.69) is 9.71 Å². The molecule has 4 nitrogen and oxygen atoms in total. The molecule has 1 heterocycles. The second kappa shape index (κ2) is 5.83. The van der Waals surface area contributed by atoms with Gasteiger partial charge in [0.15, 0.2) is 0 Å². The van der Waals surface area contributed by atoms with Crippen LogP contribution in [0.4, 0.5) is 5.69 Å². The van der Waals surface area contributed by atoms with Crippen LogP contribution in [0.5, 0.6) is 0 Å². The summed E-state index contributed by atoms with van der Waals surface area (Å²) in [5.74, 6) is 0. The lowest BCUT2D eigenvalue weighted by molar-refractivity contribution is 0.600. The third-order valence-corrected chi connectivity index (χ3v) is 5.55. The van der Waals surface area contributed by atoms with Gasteiger partial charge in [0.2, 0.25) is 0 Å². The number of hydrogen-bond donors (Lipinski definition) is 1. The Kier molecular flexibility index (Phi) is 4.00. The van der Waals surface area contributed by atoms with Crippen molar-refractivity contribution in [2.75, 3.05) is 4.72 Å². The summed E-state index contributed by atoms with van der Waals surface area (Å²) in [4.78, 5) is 4.46. The van der Waals surface area contributed by atoms with E-state index in [1.165, 1.54) is 0 Å². The molecule has 3 rings (SSSR count). The molecule has 0 saturated heterocycles. The monoisotopic (exact) mass is 346 g/mol. The minimum atomic E-state index is -3.71. The van der Waals surface area contributed by atoms with Crippen LogP contribution in [0.15, 0.2) is 53.6 Å². The van der Waals surface area contributed by atoms with Crippen LogP contribution < -0.4 is 4.72 Å². The van der Waals surface area contributed by atoms with Crippen molar-refractivity contribution in [3.63, 3.8) is 0 Å². The molecule has 1 aromatic heterocycles. The van der Waals surface area contributed by atoms with Crippen molar-refractivity contribution in [2.24, 2.45) is 0 Å². The van der Waals surface area contributed by atoms with Gasteiger partial charge in [-0.2, -0.15) is 0 Å². The minimum absolute atomic E-state index is 0.222. The normalized spacial score (nSPS) is 11.6. The molecule has 0 unspecified atom stereocenters. The fourth-order valence-electron chi connectivity index (χ4n) is 2.44. The van der Waals surface area contributed by atoms with Crippen LogP contribution in [0.1, 0.15) is 11.1 Å². The molecule has 0 radical (unpaired) electrons. The van der Waals surface area contributed by atoms with E-state index in [9.17, 15) is 8.42 Å². The van der Waals surface area contributed by atoms with Gasteiger partial charge < -0.3 is 0 Å². The Morgan fingerprint density at radius 1 is 1.04 bits per heavy atom. The van der Waals surface area contributed by atoms with Gasteiger partial charge in [-0.15, -0.1) is 0 Å². The maximum Gasteiger partial charge on any atom is 0.262 e. The highest BCUT2D eigenvalue weighted by Crippen LogP contribution is 2.28. The van der Waals surface area contributed by atoms with Crippen molar-refractivity contribution in [3.8, 4) is 0 Å². The number of aryl methyl sites for hydroxylation is 2. The van der Waals surface area contributed by atoms with Crippen LogP contribution in [-0.2, 0) is 10.0 Å². The zero-order chi connectivity index (χ0) is 16.6. The van der Waals surface area contributed by atoms with Gasteiger partial charge in [0.25, 0.3) is 10.0 Å². The Labute approximate surface area is 140 Å². The van der Waals surface area contributed by atoms with Crippen LogP contribution in [0, 0.1) is 13.8 Å². The van der Waals surface area contributed by atoms with Gasteiger partial charge >= 0.3 is 0 Å². The summed E-state index contributed by atoms with van der Waals surface area (Å²) in [5.41, 5.74) is 2.56. The number of halogens is 1. The summed E-state index contributed by atoms with van der Waals surface area (Å²) in [5, 5.41) is 1.30. The van der Waals surface area contributed by atoms with Crippen LogP contribution in [-0.4, -0.2) is 13.4 Å². The highest BCUT2D eigenvalue weighted by molar-refractivity contribution is 7.92. The minimum Gasteiger partial charge on any atom is -0.279 e. The predicted octanol–water partition coefficient (Wildman–Crippen LogP) is 4.31. The molecular formula is C17H15ClN2O2S. The quantitative estimate of drug-likeness (QED) is 0.769. The van der Waals surface area contributed by atoms with Crippen LogP contribution in [0.3, 0.4) is 0 Å². The van der Waals surface area contributed by atoms with E-state index in [1.807, 2.05) is 12.1 Å². The van der Waals surface area contributed by atoms with Crippen molar-refractivity contribution in [3.05, 3.63) is 64.8 Å². The fourth-order valence-corrected chi connectivity index (χ4v) is 4.05. The number of nitrogens with one attached hydrogen (secondary N) is 1. The first-order chi connectivity index (χ1) is 10.9. The van der Waals surface area contributed by atoms with Gasteiger partial charge in [-0.1, -0.05) is 17.7 Å². The Morgan fingerprint density at radius 3 is 2.61 bits per heavy atom. The molecule has 6 heteroatoms. The Balaban J connectivity index is 2.09. The first kappa shape index (κ1) is 15.8. The number of anilines is 1. The number of sulfonamides is 1. The second-order valence-corrected chi connectivity index (χ2v) is 7.41. The molecule has 0 amide bonds. The van der Waals surface area contributed by atoms with E-state index >= 15 is 0 Å². The summed E-state index contributed by atoms with van der Waals surface area (Å²) in [7, 11) is -3.71. The molecule has 23 heavy (non-hydrogen) atoms. The fraction of sp³-hybridized carbons (Fsp3) is 0.118. The van der Waals surface area contributed by atoms with E-state index in [-0.39, 0.29) is 4.90 Å². The molecule has 118 valence electrons. The summed E-state index contributed by atoms with van der Waals surface area (Å²) >= 11 is 6.05. The topological polar surface area (TPSA) is 59.1 Å². The number of rotatable bonds is 3. The Bertz CT molecular complexity index is 995.